The monoisotopic (exact) mass is 146 g/mol. The van der Waals surface area contributed by atoms with Crippen molar-refractivity contribution >= 4 is 16.5 Å². The van der Waals surface area contributed by atoms with Crippen LogP contribution < -0.4 is 5.32 Å². The third-order valence-electron chi connectivity index (χ3n) is 1.85. The molecule has 0 amide bonds. The molecule has 1 aromatic heterocycles. The van der Waals surface area contributed by atoms with Crippen molar-refractivity contribution < 1.29 is 0 Å². The third-order valence-corrected chi connectivity index (χ3v) is 1.85. The minimum atomic E-state index is 1.15. The van der Waals surface area contributed by atoms with Crippen molar-refractivity contribution in [3.63, 3.8) is 0 Å². The van der Waals surface area contributed by atoms with Gasteiger partial charge in [0.2, 0.25) is 0 Å². The molecule has 0 radical (unpaired) electrons. The molecule has 0 unspecified atom stereocenters. The number of nitrogens with one attached hydrogen (secondary N) is 2. The molecule has 0 atom stereocenters. The Bertz CT molecular complexity index is 362. The van der Waals surface area contributed by atoms with Gasteiger partial charge in [0.25, 0.3) is 0 Å². The molecule has 2 nitrogen and oxygen atoms in total. The lowest BCUT2D eigenvalue weighted by Gasteiger charge is -1.97. The quantitative estimate of drug-likeness (QED) is 0.634. The van der Waals surface area contributed by atoms with E-state index in [1.165, 1.54) is 10.8 Å². The molecule has 0 fully saturated rings. The van der Waals surface area contributed by atoms with Crippen LogP contribution >= 0.6 is 0 Å². The van der Waals surface area contributed by atoms with Crippen LogP contribution in [0.5, 0.6) is 0 Å². The van der Waals surface area contributed by atoms with Crippen molar-refractivity contribution in [3.05, 3.63) is 30.6 Å². The normalized spacial score (nSPS) is 10.3. The molecule has 2 aromatic rings. The van der Waals surface area contributed by atoms with Crippen LogP contribution in [0.3, 0.4) is 0 Å². The van der Waals surface area contributed by atoms with Gasteiger partial charge in [0, 0.05) is 30.5 Å². The zero-order valence-electron chi connectivity index (χ0n) is 6.39. The van der Waals surface area contributed by atoms with Gasteiger partial charge >= 0.3 is 0 Å². The zero-order chi connectivity index (χ0) is 7.68. The average Bonchev–Trinajstić information content (AvgIpc) is 2.50. The maximum atomic E-state index is 3.10. The smallest absolute Gasteiger partial charge is 0.0344 e. The number of rotatable bonds is 1. The molecule has 0 bridgehead atoms. The minimum Gasteiger partial charge on any atom is -0.388 e. The molecule has 11 heavy (non-hydrogen) atoms. The van der Waals surface area contributed by atoms with E-state index >= 15 is 0 Å². The summed E-state index contributed by atoms with van der Waals surface area (Å²) in [5, 5.41) is 5.60. The van der Waals surface area contributed by atoms with Gasteiger partial charge in [-0.1, -0.05) is 6.07 Å². The second kappa shape index (κ2) is 2.31. The Balaban J connectivity index is 2.67. The Hall–Kier alpha value is -1.44. The van der Waals surface area contributed by atoms with Crippen LogP contribution in [0.25, 0.3) is 10.8 Å². The molecule has 0 saturated heterocycles. The number of H-pyrrole nitrogens is 1. The Morgan fingerprint density at radius 2 is 2.00 bits per heavy atom. The first-order valence-electron chi connectivity index (χ1n) is 3.64. The molecular formula is C9H10N2. The summed E-state index contributed by atoms with van der Waals surface area (Å²) in [7, 11) is 1.92. The summed E-state index contributed by atoms with van der Waals surface area (Å²) in [5.41, 5.74) is 1.15. The Morgan fingerprint density at radius 1 is 1.18 bits per heavy atom. The summed E-state index contributed by atoms with van der Waals surface area (Å²) in [5.74, 6) is 0. The molecule has 0 aliphatic rings. The first-order valence-corrected chi connectivity index (χ1v) is 3.64. The maximum absolute atomic E-state index is 3.10. The fourth-order valence-electron chi connectivity index (χ4n) is 1.21. The predicted molar refractivity (Wildman–Crippen MR) is 47.8 cm³/mol. The summed E-state index contributed by atoms with van der Waals surface area (Å²) in [4.78, 5) is 3.06. The van der Waals surface area contributed by atoms with E-state index in [1.54, 1.807) is 0 Å². The van der Waals surface area contributed by atoms with Crippen molar-refractivity contribution in [1.29, 1.82) is 0 Å². The highest BCUT2D eigenvalue weighted by atomic mass is 14.8. The Labute approximate surface area is 65.2 Å². The van der Waals surface area contributed by atoms with Crippen molar-refractivity contribution in [2.45, 2.75) is 0 Å². The van der Waals surface area contributed by atoms with Gasteiger partial charge in [-0.3, -0.25) is 0 Å². The lowest BCUT2D eigenvalue weighted by Crippen LogP contribution is -1.85. The van der Waals surface area contributed by atoms with Gasteiger partial charge in [0.05, 0.1) is 0 Å². The molecule has 2 rings (SSSR count). The Morgan fingerprint density at radius 3 is 2.82 bits per heavy atom. The number of hydrogen-bond acceptors (Lipinski definition) is 1. The largest absolute Gasteiger partial charge is 0.388 e. The first-order chi connectivity index (χ1) is 5.40. The zero-order valence-corrected chi connectivity index (χ0v) is 6.39. The van der Waals surface area contributed by atoms with E-state index < -0.39 is 0 Å². The number of anilines is 1. The van der Waals surface area contributed by atoms with E-state index in [4.69, 9.17) is 0 Å². The van der Waals surface area contributed by atoms with Crippen LogP contribution in [0.1, 0.15) is 0 Å². The summed E-state index contributed by atoms with van der Waals surface area (Å²) in [6.45, 7) is 0. The van der Waals surface area contributed by atoms with E-state index in [2.05, 4.69) is 28.5 Å². The summed E-state index contributed by atoms with van der Waals surface area (Å²) >= 11 is 0. The molecule has 0 aliphatic heterocycles. The summed E-state index contributed by atoms with van der Waals surface area (Å²) in [6.07, 6.45) is 3.99. The minimum absolute atomic E-state index is 1.15. The topological polar surface area (TPSA) is 27.8 Å². The predicted octanol–water partition coefficient (Wildman–Crippen LogP) is 2.21. The van der Waals surface area contributed by atoms with Gasteiger partial charge in [0.15, 0.2) is 0 Å². The van der Waals surface area contributed by atoms with Crippen molar-refractivity contribution in [3.8, 4) is 0 Å². The van der Waals surface area contributed by atoms with Gasteiger partial charge in [-0.05, 0) is 17.5 Å². The molecule has 2 heteroatoms. The van der Waals surface area contributed by atoms with Gasteiger partial charge in [-0.2, -0.15) is 0 Å². The van der Waals surface area contributed by atoms with Crippen LogP contribution in [0, 0.1) is 0 Å². The highest BCUT2D eigenvalue weighted by Gasteiger charge is 1.93. The molecule has 56 valence electrons. The molecule has 1 heterocycles. The fraction of sp³-hybridized carbons (Fsp3) is 0.111. The van der Waals surface area contributed by atoms with E-state index in [0.717, 1.165) is 5.69 Å². The molecule has 0 saturated carbocycles. The maximum Gasteiger partial charge on any atom is 0.0344 e. The lowest BCUT2D eigenvalue weighted by atomic mass is 10.2. The second-order valence-corrected chi connectivity index (χ2v) is 2.55. The average molecular weight is 146 g/mol. The van der Waals surface area contributed by atoms with Crippen LogP contribution in [-0.4, -0.2) is 12.0 Å². The SMILES string of the molecule is CNc1ccc2c[nH]cc2c1. The third kappa shape index (κ3) is 0.963. The number of fused-ring (bicyclic) bond motifs is 1. The van der Waals surface area contributed by atoms with Crippen molar-refractivity contribution in [1.82, 2.24) is 4.98 Å². The second-order valence-electron chi connectivity index (χ2n) is 2.55. The summed E-state index contributed by atoms with van der Waals surface area (Å²) in [6, 6.07) is 6.28. The van der Waals surface area contributed by atoms with Gasteiger partial charge in [-0.15, -0.1) is 0 Å². The van der Waals surface area contributed by atoms with Gasteiger partial charge < -0.3 is 10.3 Å². The van der Waals surface area contributed by atoms with Crippen LogP contribution in [-0.2, 0) is 0 Å². The van der Waals surface area contributed by atoms with Crippen LogP contribution in [0.2, 0.25) is 0 Å². The molecule has 1 aromatic carbocycles. The van der Waals surface area contributed by atoms with E-state index in [9.17, 15) is 0 Å². The number of aromatic amines is 1. The molecule has 2 N–H and O–H groups in total. The number of hydrogen-bond donors (Lipinski definition) is 2. The van der Waals surface area contributed by atoms with Crippen LogP contribution in [0.4, 0.5) is 5.69 Å². The van der Waals surface area contributed by atoms with E-state index in [0.29, 0.717) is 0 Å². The summed E-state index contributed by atoms with van der Waals surface area (Å²) < 4.78 is 0. The number of benzene rings is 1. The fourth-order valence-corrected chi connectivity index (χ4v) is 1.21. The van der Waals surface area contributed by atoms with E-state index in [-0.39, 0.29) is 0 Å². The van der Waals surface area contributed by atoms with Crippen LogP contribution in [0.15, 0.2) is 30.6 Å². The van der Waals surface area contributed by atoms with Gasteiger partial charge in [0.1, 0.15) is 0 Å². The van der Waals surface area contributed by atoms with E-state index in [1.807, 2.05) is 19.4 Å². The number of aromatic nitrogens is 1. The highest BCUT2D eigenvalue weighted by Crippen LogP contribution is 2.17. The molecule has 0 aliphatic carbocycles. The van der Waals surface area contributed by atoms with Gasteiger partial charge in [-0.25, -0.2) is 0 Å². The Kier molecular flexibility index (Phi) is 1.32. The van der Waals surface area contributed by atoms with Crippen molar-refractivity contribution in [2.75, 3.05) is 12.4 Å². The molecular weight excluding hydrogens is 136 g/mol. The van der Waals surface area contributed by atoms with Crippen molar-refractivity contribution in [2.24, 2.45) is 0 Å². The lowest BCUT2D eigenvalue weighted by molar-refractivity contribution is 1.43. The first kappa shape index (κ1) is 6.28. The highest BCUT2D eigenvalue weighted by molar-refractivity contribution is 5.85. The molecule has 0 spiro atoms. The standard InChI is InChI=1S/C9H10N2/c1-10-9-3-2-7-5-11-6-8(7)4-9/h2-6,10-11H,1H3.